The predicted octanol–water partition coefficient (Wildman–Crippen LogP) is 4.00. The Morgan fingerprint density at radius 1 is 1.00 bits per heavy atom. The fraction of sp³-hybridized carbons (Fsp3) is 0.381. The molecule has 2 aliphatic rings. The quantitative estimate of drug-likeness (QED) is 0.728. The van der Waals surface area contributed by atoms with E-state index in [2.05, 4.69) is 0 Å². The van der Waals surface area contributed by atoms with E-state index < -0.39 is 15.9 Å². The van der Waals surface area contributed by atoms with Gasteiger partial charge >= 0.3 is 0 Å². The highest BCUT2D eigenvalue weighted by atomic mass is 35.5. The molecule has 4 rings (SSSR count). The lowest BCUT2D eigenvalue weighted by Gasteiger charge is -2.23. The molecule has 0 aromatic heterocycles. The van der Waals surface area contributed by atoms with Crippen molar-refractivity contribution in [2.24, 2.45) is 5.92 Å². The molecule has 0 spiro atoms. The average Bonchev–Trinajstić information content (AvgIpc) is 3.13. The molecule has 4 atom stereocenters. The van der Waals surface area contributed by atoms with Gasteiger partial charge < -0.3 is 0 Å². The van der Waals surface area contributed by atoms with E-state index in [0.717, 1.165) is 21.0 Å². The maximum Gasteiger partial charge on any atom is 0.266 e. The molecule has 1 heterocycles. The Morgan fingerprint density at radius 2 is 1.67 bits per heavy atom. The molecule has 0 N–H and O–H groups in total. The number of hydrogen-bond acceptors (Lipinski definition) is 3. The second kappa shape index (κ2) is 6.64. The largest absolute Gasteiger partial charge is 0.273 e. The second-order valence-corrected chi connectivity index (χ2v) is 9.90. The highest BCUT2D eigenvalue weighted by Crippen LogP contribution is 2.51. The smallest absolute Gasteiger partial charge is 0.266 e. The summed E-state index contributed by atoms with van der Waals surface area (Å²) in [7, 11) is -3.91. The van der Waals surface area contributed by atoms with Gasteiger partial charge in [-0.25, -0.2) is 12.7 Å². The Labute approximate surface area is 165 Å². The highest BCUT2D eigenvalue weighted by Gasteiger charge is 2.58. The van der Waals surface area contributed by atoms with Crippen molar-refractivity contribution < 1.29 is 13.2 Å². The normalized spacial score (nSPS) is 27.8. The number of benzene rings is 2. The van der Waals surface area contributed by atoms with Crippen LogP contribution in [0.15, 0.2) is 53.4 Å². The number of halogens is 1. The fourth-order valence-electron chi connectivity index (χ4n) is 4.52. The van der Waals surface area contributed by atoms with Crippen molar-refractivity contribution in [3.8, 4) is 0 Å². The van der Waals surface area contributed by atoms with Gasteiger partial charge in [0.25, 0.3) is 10.0 Å². The number of rotatable bonds is 3. The molecule has 0 unspecified atom stereocenters. The van der Waals surface area contributed by atoms with Gasteiger partial charge in [-0.1, -0.05) is 42.0 Å². The summed E-state index contributed by atoms with van der Waals surface area (Å²) >= 11 is 6.58. The summed E-state index contributed by atoms with van der Waals surface area (Å²) in [5, 5.41) is -0.207. The highest BCUT2D eigenvalue weighted by molar-refractivity contribution is 7.89. The summed E-state index contributed by atoms with van der Waals surface area (Å²) in [4.78, 5) is 13.5. The third-order valence-corrected chi connectivity index (χ3v) is 8.22. The number of alkyl halides is 1. The minimum Gasteiger partial charge on any atom is -0.273 e. The Hall–Kier alpha value is -1.85. The van der Waals surface area contributed by atoms with Crippen LogP contribution in [0.1, 0.15) is 35.4 Å². The molecule has 27 heavy (non-hydrogen) atoms. The first-order valence-electron chi connectivity index (χ1n) is 9.17. The van der Waals surface area contributed by atoms with E-state index >= 15 is 0 Å². The SMILES string of the molecule is Cc1ccc(S(=O)(=O)N2C(=O)[C@H](c3ccccc3C)[C@H]3[C@H](Cl)CC[C@H]32)cc1. The predicted molar refractivity (Wildman–Crippen MR) is 105 cm³/mol. The van der Waals surface area contributed by atoms with Crippen LogP contribution in [-0.4, -0.2) is 30.0 Å². The van der Waals surface area contributed by atoms with E-state index in [1.54, 1.807) is 24.3 Å². The number of sulfonamides is 1. The van der Waals surface area contributed by atoms with Crippen molar-refractivity contribution in [3.05, 3.63) is 65.2 Å². The van der Waals surface area contributed by atoms with Crippen molar-refractivity contribution in [1.82, 2.24) is 4.31 Å². The first-order valence-corrected chi connectivity index (χ1v) is 11.0. The van der Waals surface area contributed by atoms with Crippen LogP contribution in [0.3, 0.4) is 0 Å². The van der Waals surface area contributed by atoms with Gasteiger partial charge in [-0.3, -0.25) is 4.79 Å². The molecule has 6 heteroatoms. The Kier molecular flexibility index (Phi) is 4.55. The maximum absolute atomic E-state index is 13.4. The van der Waals surface area contributed by atoms with E-state index in [0.29, 0.717) is 12.8 Å². The topological polar surface area (TPSA) is 54.5 Å². The molecular formula is C21H22ClNO3S. The molecule has 1 aliphatic carbocycles. The monoisotopic (exact) mass is 403 g/mol. The summed E-state index contributed by atoms with van der Waals surface area (Å²) in [6.45, 7) is 3.85. The molecule has 2 fully saturated rings. The van der Waals surface area contributed by atoms with E-state index in [1.165, 1.54) is 0 Å². The van der Waals surface area contributed by atoms with Crippen LogP contribution in [0.25, 0.3) is 0 Å². The van der Waals surface area contributed by atoms with Gasteiger partial charge in [0, 0.05) is 11.3 Å². The Bertz CT molecular complexity index is 987. The van der Waals surface area contributed by atoms with Crippen LogP contribution in [-0.2, 0) is 14.8 Å². The molecule has 0 radical (unpaired) electrons. The minimum atomic E-state index is -3.91. The van der Waals surface area contributed by atoms with Crippen LogP contribution in [0.4, 0.5) is 0 Å². The lowest BCUT2D eigenvalue weighted by molar-refractivity contribution is -0.125. The molecule has 1 saturated carbocycles. The van der Waals surface area contributed by atoms with Crippen LogP contribution in [0.5, 0.6) is 0 Å². The molecule has 1 saturated heterocycles. The van der Waals surface area contributed by atoms with E-state index in [1.807, 2.05) is 38.1 Å². The molecule has 2 aromatic rings. The lowest BCUT2D eigenvalue weighted by Crippen LogP contribution is -2.39. The van der Waals surface area contributed by atoms with Crippen molar-refractivity contribution >= 4 is 27.5 Å². The second-order valence-electron chi connectivity index (χ2n) is 7.52. The minimum absolute atomic E-state index is 0.156. The number of carbonyl (C=O) groups excluding carboxylic acids is 1. The summed E-state index contributed by atoms with van der Waals surface area (Å²) in [6.07, 6.45) is 1.32. The van der Waals surface area contributed by atoms with Gasteiger partial charge in [0.1, 0.15) is 0 Å². The molecule has 1 aliphatic heterocycles. The fourth-order valence-corrected chi connectivity index (χ4v) is 6.62. The Morgan fingerprint density at radius 3 is 2.33 bits per heavy atom. The van der Waals surface area contributed by atoms with Gasteiger partial charge in [0.05, 0.1) is 16.9 Å². The molecule has 4 nitrogen and oxygen atoms in total. The van der Waals surface area contributed by atoms with E-state index in [9.17, 15) is 13.2 Å². The summed E-state index contributed by atoms with van der Waals surface area (Å²) in [5.41, 5.74) is 2.84. The number of carbonyl (C=O) groups is 1. The first kappa shape index (κ1) is 18.5. The van der Waals surface area contributed by atoms with E-state index in [-0.39, 0.29) is 28.1 Å². The van der Waals surface area contributed by atoms with Crippen LogP contribution in [0.2, 0.25) is 0 Å². The Balaban J connectivity index is 1.82. The third kappa shape index (κ3) is 2.88. The van der Waals surface area contributed by atoms with Crippen molar-refractivity contribution in [2.45, 2.75) is 48.9 Å². The van der Waals surface area contributed by atoms with Crippen LogP contribution in [0, 0.1) is 19.8 Å². The number of hydrogen-bond donors (Lipinski definition) is 0. The number of fused-ring (bicyclic) bond motifs is 1. The van der Waals surface area contributed by atoms with Gasteiger partial charge in [-0.2, -0.15) is 0 Å². The number of amides is 1. The molecule has 1 amide bonds. The van der Waals surface area contributed by atoms with Gasteiger partial charge in [0.15, 0.2) is 0 Å². The molecule has 142 valence electrons. The number of nitrogens with zero attached hydrogens (tertiary/aromatic N) is 1. The summed E-state index contributed by atoms with van der Waals surface area (Å²) in [5.74, 6) is -1.06. The zero-order chi connectivity index (χ0) is 19.3. The van der Waals surface area contributed by atoms with E-state index in [4.69, 9.17) is 11.6 Å². The average molecular weight is 404 g/mol. The standard InChI is InChI=1S/C21H22ClNO3S/c1-13-7-9-15(10-8-13)27(25,26)23-18-12-11-17(22)20(18)19(21(23)24)16-6-4-3-5-14(16)2/h3-10,17-20H,11-12H2,1-2H3/t17-,18-,19-,20+/m1/s1. The van der Waals surface area contributed by atoms with Crippen LogP contribution >= 0.6 is 11.6 Å². The van der Waals surface area contributed by atoms with Crippen molar-refractivity contribution in [3.63, 3.8) is 0 Å². The third-order valence-electron chi connectivity index (χ3n) is 5.87. The van der Waals surface area contributed by atoms with Gasteiger partial charge in [0.2, 0.25) is 5.91 Å². The van der Waals surface area contributed by atoms with Crippen molar-refractivity contribution in [1.29, 1.82) is 0 Å². The summed E-state index contributed by atoms with van der Waals surface area (Å²) in [6, 6.07) is 13.9. The maximum atomic E-state index is 13.4. The first-order chi connectivity index (χ1) is 12.8. The van der Waals surface area contributed by atoms with Gasteiger partial charge in [-0.15, -0.1) is 11.6 Å². The molecular weight excluding hydrogens is 382 g/mol. The van der Waals surface area contributed by atoms with Crippen LogP contribution < -0.4 is 0 Å². The van der Waals surface area contributed by atoms with Crippen molar-refractivity contribution in [2.75, 3.05) is 0 Å². The molecule has 2 aromatic carbocycles. The molecule has 0 bridgehead atoms. The lowest BCUT2D eigenvalue weighted by atomic mass is 9.84. The summed E-state index contributed by atoms with van der Waals surface area (Å²) < 4.78 is 27.8. The van der Waals surface area contributed by atoms with Gasteiger partial charge in [-0.05, 0) is 49.9 Å². The number of aryl methyl sites for hydroxylation is 2. The zero-order valence-corrected chi connectivity index (χ0v) is 16.9. The zero-order valence-electron chi connectivity index (χ0n) is 15.3.